The first-order valence-corrected chi connectivity index (χ1v) is 12.5. The molecule has 0 spiro atoms. The van der Waals surface area contributed by atoms with Crippen LogP contribution in [0.15, 0.2) is 21.3 Å². The fourth-order valence-electron chi connectivity index (χ4n) is 2.65. The molecule has 0 atom stereocenters. The van der Waals surface area contributed by atoms with Crippen molar-refractivity contribution in [2.45, 2.75) is 66.6 Å². The van der Waals surface area contributed by atoms with Crippen molar-refractivity contribution in [1.82, 2.24) is 0 Å². The number of carbonyl (C=O) groups excluding carboxylic acids is 1. The van der Waals surface area contributed by atoms with E-state index in [0.717, 1.165) is 0 Å². The van der Waals surface area contributed by atoms with Gasteiger partial charge in [-0.1, -0.05) is 25.9 Å². The first-order valence-electron chi connectivity index (χ1n) is 9.37. The number of nitrogens with zero attached hydrogens (tertiary/aromatic N) is 2. The molecule has 1 rings (SSSR count). The quantitative estimate of drug-likeness (QED) is 0.355. The molecule has 0 aromatic carbocycles. The average Bonchev–Trinajstić information content (AvgIpc) is 2.92. The van der Waals surface area contributed by atoms with Crippen LogP contribution in [0.4, 0.5) is 0 Å². The molecule has 1 aliphatic heterocycles. The van der Waals surface area contributed by atoms with Gasteiger partial charge in [-0.3, -0.25) is 0 Å². The Morgan fingerprint density at radius 2 is 1.64 bits per heavy atom. The number of esters is 1. The van der Waals surface area contributed by atoms with Crippen LogP contribution in [-0.2, 0) is 19.2 Å². The minimum absolute atomic E-state index is 0.155. The van der Waals surface area contributed by atoms with Crippen LogP contribution in [-0.4, -0.2) is 56.8 Å². The van der Waals surface area contributed by atoms with Gasteiger partial charge in [-0.15, -0.1) is 0 Å². The lowest BCUT2D eigenvalue weighted by Crippen LogP contribution is -2.49. The van der Waals surface area contributed by atoms with Crippen molar-refractivity contribution in [2.75, 3.05) is 17.3 Å². The molecule has 0 saturated heterocycles. The summed E-state index contributed by atoms with van der Waals surface area (Å²) in [6.07, 6.45) is 0. The lowest BCUT2D eigenvalue weighted by atomic mass is 10.1. The number of nitrogens with two attached hydrogens (primary N) is 1. The van der Waals surface area contributed by atoms with Gasteiger partial charge in [-0.25, -0.2) is 14.6 Å². The first kappa shape index (κ1) is 24.2. The van der Waals surface area contributed by atoms with Crippen LogP contribution < -0.4 is 5.14 Å². The lowest BCUT2D eigenvalue weighted by molar-refractivity contribution is -0.179. The summed E-state index contributed by atoms with van der Waals surface area (Å²) in [6, 6.07) is 0. The van der Waals surface area contributed by atoms with E-state index in [2.05, 4.69) is 10.1 Å². The second kappa shape index (κ2) is 6.88. The molecular weight excluding hydrogens is 382 g/mol. The number of carbonyl (C=O) groups is 2. The van der Waals surface area contributed by atoms with Crippen molar-refractivity contribution < 1.29 is 24.3 Å². The highest BCUT2D eigenvalue weighted by Gasteiger charge is 2.53. The fraction of sp³-hybridized carbons (Fsp3) is 0.684. The van der Waals surface area contributed by atoms with Gasteiger partial charge in [0.05, 0.1) is 0 Å². The highest BCUT2D eigenvalue weighted by atomic mass is 32.4. The van der Waals surface area contributed by atoms with E-state index in [1.165, 1.54) is 13.8 Å². The highest BCUT2D eigenvalue weighted by molar-refractivity contribution is 8.73. The molecule has 0 amide bonds. The summed E-state index contributed by atoms with van der Waals surface area (Å²) in [6.45, 7) is 14.1. The van der Waals surface area contributed by atoms with E-state index < -0.39 is 37.3 Å². The van der Waals surface area contributed by atoms with Gasteiger partial charge < -0.3 is 19.8 Å². The SMILES string of the molecule is CCS1(N)(CC)(CC)C=NC(/C(=N/OC(C)(C)C(=O)OC(C)(C)C)C(=O)O)=C1. The summed E-state index contributed by atoms with van der Waals surface area (Å²) in [7, 11) is -3.28. The predicted octanol–water partition coefficient (Wildman–Crippen LogP) is 3.26. The molecule has 0 radical (unpaired) electrons. The Hall–Kier alpha value is -1.87. The van der Waals surface area contributed by atoms with Crippen LogP contribution in [0, 0.1) is 0 Å². The van der Waals surface area contributed by atoms with Gasteiger partial charge in [0.25, 0.3) is 0 Å². The molecule has 1 aliphatic rings. The van der Waals surface area contributed by atoms with E-state index in [1.807, 2.05) is 20.8 Å². The number of carboxylic acid groups (broad SMARTS) is 1. The van der Waals surface area contributed by atoms with Gasteiger partial charge in [-0.2, -0.15) is 8.48 Å². The number of rotatable bonds is 8. The van der Waals surface area contributed by atoms with Crippen molar-refractivity contribution >= 4 is 31.7 Å². The molecule has 1 heterocycles. The maximum absolute atomic E-state index is 12.3. The molecule has 3 N–H and O–H groups in total. The summed E-state index contributed by atoms with van der Waals surface area (Å²) >= 11 is 0. The third-order valence-electron chi connectivity index (χ3n) is 5.46. The molecule has 28 heavy (non-hydrogen) atoms. The Labute approximate surface area is 166 Å². The van der Waals surface area contributed by atoms with Crippen LogP contribution in [0.3, 0.4) is 0 Å². The van der Waals surface area contributed by atoms with E-state index in [4.69, 9.17) is 14.7 Å². The third kappa shape index (κ3) is 4.57. The van der Waals surface area contributed by atoms with Crippen molar-refractivity contribution in [3.8, 4) is 0 Å². The van der Waals surface area contributed by atoms with E-state index >= 15 is 0 Å². The molecule has 162 valence electrons. The summed E-state index contributed by atoms with van der Waals surface area (Å²) in [5.41, 5.74) is -0.686. The Bertz CT molecular complexity index is 759. The van der Waals surface area contributed by atoms with Crippen LogP contribution in [0.5, 0.6) is 0 Å². The standard InChI is InChI=1S/C19H35N3O5S/c1-9-28(20,10-2,11-3)12-14(21-13-28)15(16(23)24)22-27-19(7,8)17(25)26-18(4,5)6/h12-13H,9-11,20H2,1-8H3,(H,23,24)/b22-15-. The largest absolute Gasteiger partial charge is 0.476 e. The average molecular weight is 418 g/mol. The predicted molar refractivity (Wildman–Crippen MR) is 116 cm³/mol. The zero-order valence-electron chi connectivity index (χ0n) is 18.2. The van der Waals surface area contributed by atoms with Crippen molar-refractivity contribution in [1.29, 1.82) is 0 Å². The topological polar surface area (TPSA) is 124 Å². The molecule has 0 aliphatic carbocycles. The summed E-state index contributed by atoms with van der Waals surface area (Å²) in [5.74, 6) is -0.0142. The Balaban J connectivity index is 3.31. The molecule has 8 nitrogen and oxygen atoms in total. The highest BCUT2D eigenvalue weighted by Crippen LogP contribution is 2.83. The number of hydrogen-bond acceptors (Lipinski definition) is 7. The van der Waals surface area contributed by atoms with Crippen LogP contribution >= 0.6 is 8.48 Å². The van der Waals surface area contributed by atoms with Gasteiger partial charge in [-0.05, 0) is 57.3 Å². The summed E-state index contributed by atoms with van der Waals surface area (Å²) in [5, 5.41) is 22.1. The number of oxime groups is 1. The minimum atomic E-state index is -3.28. The Morgan fingerprint density at radius 1 is 1.14 bits per heavy atom. The number of hydrogen-bond donors (Lipinski definition) is 2. The lowest BCUT2D eigenvalue weighted by Gasteiger charge is -2.70. The van der Waals surface area contributed by atoms with E-state index in [-0.39, 0.29) is 5.70 Å². The molecule has 0 aromatic heterocycles. The maximum atomic E-state index is 12.3. The van der Waals surface area contributed by atoms with Gasteiger partial charge in [0.15, 0.2) is 0 Å². The van der Waals surface area contributed by atoms with Crippen molar-refractivity contribution in [2.24, 2.45) is 15.3 Å². The van der Waals surface area contributed by atoms with Gasteiger partial charge >= 0.3 is 11.9 Å². The second-order valence-corrected chi connectivity index (χ2v) is 16.2. The van der Waals surface area contributed by atoms with Gasteiger partial charge in [0.1, 0.15) is 11.3 Å². The smallest absolute Gasteiger partial charge is 0.360 e. The van der Waals surface area contributed by atoms with E-state index in [9.17, 15) is 14.7 Å². The maximum Gasteiger partial charge on any atom is 0.360 e. The van der Waals surface area contributed by atoms with Crippen molar-refractivity contribution in [3.05, 3.63) is 11.1 Å². The van der Waals surface area contributed by atoms with Gasteiger partial charge in [0, 0.05) is 5.55 Å². The zero-order valence-corrected chi connectivity index (χ0v) is 19.1. The number of ether oxygens (including phenoxy) is 1. The molecule has 0 unspecified atom stereocenters. The molecule has 0 bridgehead atoms. The number of aliphatic imine (C=N–C) groups is 1. The van der Waals surface area contributed by atoms with Gasteiger partial charge in [0.2, 0.25) is 11.3 Å². The second-order valence-electron chi connectivity index (χ2n) is 8.97. The number of aliphatic carboxylic acids is 1. The van der Waals surface area contributed by atoms with Crippen LogP contribution in [0.1, 0.15) is 55.4 Å². The molecule has 9 heteroatoms. The minimum Gasteiger partial charge on any atom is -0.476 e. The van der Waals surface area contributed by atoms with Crippen LogP contribution in [0.2, 0.25) is 0 Å². The molecular formula is C19H35N3O5S. The first-order chi connectivity index (χ1) is 12.5. The Kier molecular flexibility index (Phi) is 5.94. The summed E-state index contributed by atoms with van der Waals surface area (Å²) < 4.78 is 5.30. The molecule has 0 saturated carbocycles. The van der Waals surface area contributed by atoms with E-state index in [1.54, 1.807) is 31.7 Å². The fourth-order valence-corrected chi connectivity index (χ4v) is 6.25. The van der Waals surface area contributed by atoms with Crippen LogP contribution in [0.25, 0.3) is 0 Å². The molecule has 0 fully saturated rings. The third-order valence-corrected chi connectivity index (χ3v) is 12.7. The normalized spacial score (nSPS) is 22.9. The molecule has 0 aromatic rings. The summed E-state index contributed by atoms with van der Waals surface area (Å²) in [4.78, 5) is 33.7. The monoisotopic (exact) mass is 417 g/mol. The van der Waals surface area contributed by atoms with Crippen molar-refractivity contribution in [3.63, 3.8) is 0 Å². The number of carboxylic acids is 1. The Morgan fingerprint density at radius 3 is 2.00 bits per heavy atom. The zero-order chi connectivity index (χ0) is 22.1. The van der Waals surface area contributed by atoms with E-state index in [0.29, 0.717) is 17.3 Å².